The van der Waals surface area contributed by atoms with Crippen molar-refractivity contribution in [3.05, 3.63) is 71.4 Å². The van der Waals surface area contributed by atoms with E-state index in [1.54, 1.807) is 30.2 Å². The number of carbonyl (C=O) groups excluding carboxylic acids is 1. The fourth-order valence-electron chi connectivity index (χ4n) is 3.61. The van der Waals surface area contributed by atoms with Crippen LogP contribution in [0.1, 0.15) is 16.1 Å². The van der Waals surface area contributed by atoms with Gasteiger partial charge in [0.05, 0.1) is 18.3 Å². The van der Waals surface area contributed by atoms with Gasteiger partial charge in [-0.15, -0.1) is 0 Å². The van der Waals surface area contributed by atoms with Crippen molar-refractivity contribution in [3.63, 3.8) is 0 Å². The molecule has 0 aliphatic carbocycles. The zero-order valence-electron chi connectivity index (χ0n) is 16.1. The van der Waals surface area contributed by atoms with E-state index in [-0.39, 0.29) is 11.7 Å². The number of ether oxygens (including phenoxy) is 1. The van der Waals surface area contributed by atoms with Crippen molar-refractivity contribution < 1.29 is 18.3 Å². The minimum Gasteiger partial charge on any atom is -0.496 e. The van der Waals surface area contributed by atoms with E-state index >= 15 is 0 Å². The Balaban J connectivity index is 1.43. The number of piperazine rings is 1. The van der Waals surface area contributed by atoms with E-state index < -0.39 is 5.82 Å². The highest BCUT2D eigenvalue weighted by molar-refractivity contribution is 5.94. The molecule has 0 unspecified atom stereocenters. The second-order valence-corrected chi connectivity index (χ2v) is 7.06. The van der Waals surface area contributed by atoms with Gasteiger partial charge in [0.25, 0.3) is 5.91 Å². The molecule has 0 atom stereocenters. The fourth-order valence-corrected chi connectivity index (χ4v) is 3.61. The zero-order valence-corrected chi connectivity index (χ0v) is 16.1. The second-order valence-electron chi connectivity index (χ2n) is 7.06. The highest BCUT2D eigenvalue weighted by Gasteiger charge is 2.23. The Bertz CT molecular complexity index is 1050. The minimum absolute atomic E-state index is 0.156. The lowest BCUT2D eigenvalue weighted by atomic mass is 10.1. The highest BCUT2D eigenvalue weighted by atomic mass is 19.1. The van der Waals surface area contributed by atoms with Crippen LogP contribution in [0, 0.1) is 11.6 Å². The lowest BCUT2D eigenvalue weighted by molar-refractivity contribution is 0.0626. The van der Waals surface area contributed by atoms with Crippen molar-refractivity contribution in [1.29, 1.82) is 0 Å². The Morgan fingerprint density at radius 3 is 2.52 bits per heavy atom. The largest absolute Gasteiger partial charge is 0.496 e. The monoisotopic (exact) mass is 397 g/mol. The average Bonchev–Trinajstić information content (AvgIpc) is 2.73. The van der Waals surface area contributed by atoms with Crippen LogP contribution in [0.5, 0.6) is 5.75 Å². The normalized spacial score (nSPS) is 14.9. The van der Waals surface area contributed by atoms with Gasteiger partial charge in [0, 0.05) is 49.7 Å². The number of fused-ring (bicyclic) bond motifs is 1. The first-order valence-electron chi connectivity index (χ1n) is 9.44. The van der Waals surface area contributed by atoms with Crippen LogP contribution in [0.2, 0.25) is 0 Å². The molecular formula is C22H21F2N3O2. The predicted molar refractivity (Wildman–Crippen MR) is 106 cm³/mol. The Morgan fingerprint density at radius 2 is 1.79 bits per heavy atom. The van der Waals surface area contributed by atoms with E-state index in [4.69, 9.17) is 4.74 Å². The van der Waals surface area contributed by atoms with E-state index in [2.05, 4.69) is 9.88 Å². The molecule has 1 aromatic heterocycles. The number of carbonyl (C=O) groups is 1. The summed E-state index contributed by atoms with van der Waals surface area (Å²) < 4.78 is 32.3. The number of amides is 1. The maximum absolute atomic E-state index is 13.5. The van der Waals surface area contributed by atoms with Gasteiger partial charge in [-0.3, -0.25) is 14.7 Å². The number of hydrogen-bond donors (Lipinski definition) is 0. The molecule has 1 aliphatic rings. The van der Waals surface area contributed by atoms with Gasteiger partial charge in [0.15, 0.2) is 0 Å². The summed E-state index contributed by atoms with van der Waals surface area (Å²) in [5.41, 5.74) is 1.87. The molecule has 3 aromatic rings. The molecule has 2 aromatic carbocycles. The van der Waals surface area contributed by atoms with E-state index in [0.29, 0.717) is 54.9 Å². The molecule has 1 saturated heterocycles. The smallest absolute Gasteiger partial charge is 0.254 e. The quantitative estimate of drug-likeness (QED) is 0.676. The third-order valence-electron chi connectivity index (χ3n) is 5.12. The highest BCUT2D eigenvalue weighted by Crippen LogP contribution is 2.26. The lowest BCUT2D eigenvalue weighted by Gasteiger charge is -2.34. The Morgan fingerprint density at radius 1 is 1.03 bits per heavy atom. The molecule has 1 fully saturated rings. The van der Waals surface area contributed by atoms with Crippen molar-refractivity contribution in [2.45, 2.75) is 6.54 Å². The Kier molecular flexibility index (Phi) is 5.40. The summed E-state index contributed by atoms with van der Waals surface area (Å²) in [6, 6.07) is 12.0. The molecule has 1 amide bonds. The van der Waals surface area contributed by atoms with Crippen LogP contribution >= 0.6 is 0 Å². The zero-order chi connectivity index (χ0) is 20.4. The van der Waals surface area contributed by atoms with Gasteiger partial charge in [-0.05, 0) is 36.4 Å². The summed E-state index contributed by atoms with van der Waals surface area (Å²) in [7, 11) is 1.56. The fraction of sp³-hybridized carbons (Fsp3) is 0.273. The number of hydrogen-bond acceptors (Lipinski definition) is 4. The first-order chi connectivity index (χ1) is 14.0. The molecule has 7 heteroatoms. The molecule has 150 valence electrons. The first kappa shape index (κ1) is 19.3. The first-order valence-corrected chi connectivity index (χ1v) is 9.44. The van der Waals surface area contributed by atoms with Gasteiger partial charge < -0.3 is 9.64 Å². The summed E-state index contributed by atoms with van der Waals surface area (Å²) in [5.74, 6) is -0.309. The number of nitrogens with zero attached hydrogens (tertiary/aromatic N) is 3. The van der Waals surface area contributed by atoms with Gasteiger partial charge >= 0.3 is 0 Å². The lowest BCUT2D eigenvalue weighted by Crippen LogP contribution is -2.48. The number of pyridine rings is 1. The van der Waals surface area contributed by atoms with Crippen molar-refractivity contribution in [1.82, 2.24) is 14.8 Å². The number of rotatable bonds is 4. The summed E-state index contributed by atoms with van der Waals surface area (Å²) in [6.45, 7) is 3.10. The molecule has 0 radical (unpaired) electrons. The van der Waals surface area contributed by atoms with Crippen LogP contribution in [0.25, 0.3) is 10.9 Å². The maximum atomic E-state index is 13.5. The number of halogens is 2. The molecule has 2 heterocycles. The molecule has 0 bridgehead atoms. The van der Waals surface area contributed by atoms with Gasteiger partial charge in [-0.25, -0.2) is 8.78 Å². The van der Waals surface area contributed by atoms with Gasteiger partial charge in [0.1, 0.15) is 17.4 Å². The van der Waals surface area contributed by atoms with E-state index in [1.807, 2.05) is 6.07 Å². The Labute approximate surface area is 167 Å². The van der Waals surface area contributed by atoms with Gasteiger partial charge in [-0.1, -0.05) is 6.07 Å². The number of benzene rings is 2. The van der Waals surface area contributed by atoms with Crippen molar-refractivity contribution in [3.8, 4) is 5.75 Å². The van der Waals surface area contributed by atoms with Crippen LogP contribution in [-0.4, -0.2) is 54.0 Å². The van der Waals surface area contributed by atoms with Crippen molar-refractivity contribution in [2.24, 2.45) is 0 Å². The van der Waals surface area contributed by atoms with Crippen molar-refractivity contribution in [2.75, 3.05) is 33.3 Å². The molecule has 0 saturated carbocycles. The van der Waals surface area contributed by atoms with Crippen molar-refractivity contribution >= 4 is 16.8 Å². The van der Waals surface area contributed by atoms with Crippen LogP contribution < -0.4 is 4.74 Å². The molecular weight excluding hydrogens is 376 g/mol. The van der Waals surface area contributed by atoms with Crippen LogP contribution in [0.4, 0.5) is 8.78 Å². The minimum atomic E-state index is -0.411. The van der Waals surface area contributed by atoms with Gasteiger partial charge in [0.2, 0.25) is 0 Å². The third kappa shape index (κ3) is 4.19. The van der Waals surface area contributed by atoms with E-state index in [0.717, 1.165) is 5.69 Å². The second kappa shape index (κ2) is 8.13. The molecule has 0 N–H and O–H groups in total. The Hall–Kier alpha value is -3.06. The van der Waals surface area contributed by atoms with Crippen LogP contribution in [0.15, 0.2) is 48.5 Å². The van der Waals surface area contributed by atoms with E-state index in [1.165, 1.54) is 24.3 Å². The summed E-state index contributed by atoms with van der Waals surface area (Å²) in [6.07, 6.45) is 0. The number of methoxy groups -OCH3 is 1. The predicted octanol–water partition coefficient (Wildman–Crippen LogP) is 3.48. The topological polar surface area (TPSA) is 45.7 Å². The molecule has 5 nitrogen and oxygen atoms in total. The molecule has 29 heavy (non-hydrogen) atoms. The van der Waals surface area contributed by atoms with Crippen LogP contribution in [0.3, 0.4) is 0 Å². The SMILES string of the molecule is COc1cc(CN2CCN(C(=O)c3cccc(F)c3)CC2)nc2ccc(F)cc12. The van der Waals surface area contributed by atoms with Crippen LogP contribution in [-0.2, 0) is 6.54 Å². The van der Waals surface area contributed by atoms with E-state index in [9.17, 15) is 13.6 Å². The summed E-state index contributed by atoms with van der Waals surface area (Å²) >= 11 is 0. The standard InChI is InChI=1S/C22H21F2N3O2/c1-29-21-13-18(25-20-6-5-17(24)12-19(20)21)14-26-7-9-27(10-8-26)22(28)15-3-2-4-16(23)11-15/h2-6,11-13H,7-10,14H2,1H3. The molecule has 4 rings (SSSR count). The summed E-state index contributed by atoms with van der Waals surface area (Å²) in [5, 5.41) is 0.641. The van der Waals surface area contributed by atoms with Gasteiger partial charge in [-0.2, -0.15) is 0 Å². The third-order valence-corrected chi connectivity index (χ3v) is 5.12. The average molecular weight is 397 g/mol. The molecule has 1 aliphatic heterocycles. The maximum Gasteiger partial charge on any atom is 0.254 e. The summed E-state index contributed by atoms with van der Waals surface area (Å²) in [4.78, 5) is 21.1. The number of aromatic nitrogens is 1. The molecule has 0 spiro atoms.